The number of esters is 1. The summed E-state index contributed by atoms with van der Waals surface area (Å²) in [6.45, 7) is 3.56. The largest absolute Gasteiger partial charge is 0.496 e. The molecular weight excluding hydrogens is 554 g/mol. The zero-order valence-electron chi connectivity index (χ0n) is 20.9. The number of hydrogen-bond donors (Lipinski definition) is 1. The second-order valence-electron chi connectivity index (χ2n) is 8.24. The van der Waals surface area contributed by atoms with E-state index < -0.39 is 22.9 Å². The zero-order valence-corrected chi connectivity index (χ0v) is 22.4. The van der Waals surface area contributed by atoms with E-state index in [4.69, 9.17) is 14.2 Å². The lowest BCUT2D eigenvalue weighted by Gasteiger charge is -2.15. The molecule has 194 valence electrons. The van der Waals surface area contributed by atoms with E-state index in [2.05, 4.69) is 26.0 Å². The number of methoxy groups -OCH3 is 1. The molecule has 0 fully saturated rings. The first-order chi connectivity index (χ1) is 18.3. The molecule has 0 atom stereocenters. The first-order valence-corrected chi connectivity index (χ1v) is 12.3. The molecule has 0 unspecified atom stereocenters. The number of nitrogens with one attached hydrogen (secondary N) is 1. The molecule has 1 N–H and O–H groups in total. The number of nitrogens with zero attached hydrogens (tertiary/aromatic N) is 2. The van der Waals surface area contributed by atoms with Gasteiger partial charge in [0.05, 0.1) is 17.3 Å². The smallest absolute Gasteiger partial charge is 0.364 e. The molecule has 9 nitrogen and oxygen atoms in total. The third kappa shape index (κ3) is 6.09. The van der Waals surface area contributed by atoms with E-state index in [1.165, 1.54) is 0 Å². The fourth-order valence-corrected chi connectivity index (χ4v) is 4.21. The quantitative estimate of drug-likeness (QED) is 0.294. The molecule has 1 aromatic heterocycles. The summed E-state index contributed by atoms with van der Waals surface area (Å²) >= 11 is 3.44. The highest BCUT2D eigenvalue weighted by atomic mass is 79.9. The summed E-state index contributed by atoms with van der Waals surface area (Å²) in [6.07, 6.45) is 3.43. The monoisotopic (exact) mass is 577 g/mol. The maximum atomic E-state index is 12.6. The summed E-state index contributed by atoms with van der Waals surface area (Å²) in [5, 5.41) is 4.01. The van der Waals surface area contributed by atoms with Gasteiger partial charge in [-0.05, 0) is 82.9 Å². The SMILES string of the molecule is COc1ccc(Oc2c(C)cc(-n3nc(C(=O)OC/C=C/c4ccccc4)c(=O)[nH]c3=O)cc2C)cc1Br. The molecule has 38 heavy (non-hydrogen) atoms. The Morgan fingerprint density at radius 2 is 1.76 bits per heavy atom. The van der Waals surface area contributed by atoms with Crippen molar-refractivity contribution in [3.8, 4) is 22.9 Å². The van der Waals surface area contributed by atoms with Gasteiger partial charge >= 0.3 is 11.7 Å². The van der Waals surface area contributed by atoms with E-state index in [0.29, 0.717) is 34.1 Å². The van der Waals surface area contributed by atoms with Gasteiger partial charge < -0.3 is 14.2 Å². The van der Waals surface area contributed by atoms with Gasteiger partial charge in [0, 0.05) is 0 Å². The molecule has 0 saturated carbocycles. The predicted molar refractivity (Wildman–Crippen MR) is 146 cm³/mol. The normalized spacial score (nSPS) is 10.9. The molecule has 0 aliphatic heterocycles. The van der Waals surface area contributed by atoms with Crippen molar-refractivity contribution in [3.05, 3.63) is 114 Å². The molecule has 0 aliphatic rings. The van der Waals surface area contributed by atoms with Crippen molar-refractivity contribution < 1.29 is 19.0 Å². The number of carbonyl (C=O) groups excluding carboxylic acids is 1. The molecule has 3 aromatic carbocycles. The Kier molecular flexibility index (Phi) is 8.22. The average molecular weight is 578 g/mol. The van der Waals surface area contributed by atoms with Crippen LogP contribution in [-0.4, -0.2) is 34.5 Å². The number of benzene rings is 3. The first-order valence-electron chi connectivity index (χ1n) is 11.5. The van der Waals surface area contributed by atoms with Crippen LogP contribution in [0.2, 0.25) is 0 Å². The Bertz CT molecular complexity index is 1600. The van der Waals surface area contributed by atoms with Crippen LogP contribution in [0.5, 0.6) is 17.2 Å². The van der Waals surface area contributed by atoms with Crippen LogP contribution in [0.15, 0.2) is 80.8 Å². The number of carbonyl (C=O) groups is 1. The van der Waals surface area contributed by atoms with E-state index in [9.17, 15) is 14.4 Å². The van der Waals surface area contributed by atoms with Gasteiger partial charge in [0.15, 0.2) is 0 Å². The second-order valence-corrected chi connectivity index (χ2v) is 9.09. The first kappa shape index (κ1) is 26.6. The van der Waals surface area contributed by atoms with Gasteiger partial charge in [0.25, 0.3) is 5.56 Å². The van der Waals surface area contributed by atoms with Gasteiger partial charge in [-0.2, -0.15) is 9.78 Å². The van der Waals surface area contributed by atoms with Gasteiger partial charge in [-0.3, -0.25) is 9.78 Å². The number of aromatic nitrogens is 3. The lowest BCUT2D eigenvalue weighted by Crippen LogP contribution is -2.36. The van der Waals surface area contributed by atoms with Crippen molar-refractivity contribution in [1.82, 2.24) is 14.8 Å². The predicted octanol–water partition coefficient (Wildman–Crippen LogP) is 4.97. The van der Waals surface area contributed by atoms with E-state index in [-0.39, 0.29) is 6.61 Å². The summed E-state index contributed by atoms with van der Waals surface area (Å²) < 4.78 is 18.2. The zero-order chi connectivity index (χ0) is 27.2. The summed E-state index contributed by atoms with van der Waals surface area (Å²) in [6, 6.07) is 18.2. The van der Waals surface area contributed by atoms with Crippen LogP contribution < -0.4 is 20.7 Å². The summed E-state index contributed by atoms with van der Waals surface area (Å²) in [4.78, 5) is 39.5. The lowest BCUT2D eigenvalue weighted by molar-refractivity contribution is 0.0538. The highest BCUT2D eigenvalue weighted by molar-refractivity contribution is 9.10. The molecule has 10 heteroatoms. The fourth-order valence-electron chi connectivity index (χ4n) is 3.69. The molecule has 0 saturated heterocycles. The number of halogens is 1. The number of hydrogen-bond acceptors (Lipinski definition) is 7. The molecule has 0 radical (unpaired) electrons. The van der Waals surface area contributed by atoms with Gasteiger partial charge in [-0.1, -0.05) is 36.4 Å². The van der Waals surface area contributed by atoms with Crippen LogP contribution in [0.3, 0.4) is 0 Å². The highest BCUT2D eigenvalue weighted by Crippen LogP contribution is 2.34. The van der Waals surface area contributed by atoms with Crippen LogP contribution in [0, 0.1) is 13.8 Å². The molecular formula is C28H24BrN3O6. The summed E-state index contributed by atoms with van der Waals surface area (Å²) in [5.41, 5.74) is 0.456. The van der Waals surface area contributed by atoms with Crippen molar-refractivity contribution in [2.75, 3.05) is 13.7 Å². The van der Waals surface area contributed by atoms with Gasteiger partial charge in [0.2, 0.25) is 5.69 Å². The van der Waals surface area contributed by atoms with Crippen LogP contribution in [-0.2, 0) is 4.74 Å². The number of rotatable bonds is 8. The Morgan fingerprint density at radius 1 is 1.05 bits per heavy atom. The summed E-state index contributed by atoms with van der Waals surface area (Å²) in [7, 11) is 1.58. The van der Waals surface area contributed by atoms with Crippen LogP contribution in [0.25, 0.3) is 11.8 Å². The Balaban J connectivity index is 1.56. The van der Waals surface area contributed by atoms with Crippen LogP contribution in [0.1, 0.15) is 27.2 Å². The van der Waals surface area contributed by atoms with Gasteiger partial charge in [-0.25, -0.2) is 9.59 Å². The van der Waals surface area contributed by atoms with Crippen molar-refractivity contribution >= 4 is 28.0 Å². The number of ether oxygens (including phenoxy) is 3. The maximum Gasteiger partial charge on any atom is 0.364 e. The standard InChI is InChI=1S/C28H24BrN3O6/c1-17-14-20(15-18(2)25(17)38-21-11-12-23(36-3)22(29)16-21)32-28(35)30-26(33)24(31-32)27(34)37-13-7-10-19-8-5-4-6-9-19/h4-12,14-16H,13H2,1-3H3,(H,30,33,35)/b10-7+. The van der Waals surface area contributed by atoms with Gasteiger partial charge in [-0.15, -0.1) is 0 Å². The molecule has 4 aromatic rings. The Hall–Kier alpha value is -4.44. The molecule has 1 heterocycles. The minimum atomic E-state index is -0.948. The highest BCUT2D eigenvalue weighted by Gasteiger charge is 2.19. The Morgan fingerprint density at radius 3 is 2.42 bits per heavy atom. The lowest BCUT2D eigenvalue weighted by atomic mass is 10.1. The van der Waals surface area contributed by atoms with Crippen molar-refractivity contribution in [1.29, 1.82) is 0 Å². The van der Waals surface area contributed by atoms with E-state index in [1.54, 1.807) is 49.6 Å². The third-order valence-electron chi connectivity index (χ3n) is 5.47. The molecule has 0 aliphatic carbocycles. The minimum absolute atomic E-state index is 0.0697. The maximum absolute atomic E-state index is 12.6. The Labute approximate surface area is 226 Å². The van der Waals surface area contributed by atoms with E-state index in [0.717, 1.165) is 14.7 Å². The van der Waals surface area contributed by atoms with E-state index >= 15 is 0 Å². The number of aromatic amines is 1. The van der Waals surface area contributed by atoms with E-state index in [1.807, 2.05) is 44.2 Å². The molecule has 4 rings (SSSR count). The molecule has 0 bridgehead atoms. The summed E-state index contributed by atoms with van der Waals surface area (Å²) in [5.74, 6) is 0.901. The van der Waals surface area contributed by atoms with Crippen LogP contribution in [0.4, 0.5) is 0 Å². The molecule has 0 amide bonds. The average Bonchev–Trinajstić information content (AvgIpc) is 2.89. The fraction of sp³-hybridized carbons (Fsp3) is 0.143. The second kappa shape index (κ2) is 11.7. The van der Waals surface area contributed by atoms with Crippen molar-refractivity contribution in [3.63, 3.8) is 0 Å². The molecule has 0 spiro atoms. The topological polar surface area (TPSA) is 113 Å². The number of aryl methyl sites for hydroxylation is 2. The van der Waals surface area contributed by atoms with Crippen LogP contribution >= 0.6 is 15.9 Å². The third-order valence-corrected chi connectivity index (χ3v) is 6.09. The minimum Gasteiger partial charge on any atom is -0.496 e. The van der Waals surface area contributed by atoms with Gasteiger partial charge in [0.1, 0.15) is 23.9 Å². The number of H-pyrrole nitrogens is 1. The van der Waals surface area contributed by atoms with Crippen molar-refractivity contribution in [2.24, 2.45) is 0 Å². The van der Waals surface area contributed by atoms with Crippen molar-refractivity contribution in [2.45, 2.75) is 13.8 Å².